The van der Waals surface area contributed by atoms with Crippen molar-refractivity contribution in [1.82, 2.24) is 0 Å². The van der Waals surface area contributed by atoms with Crippen LogP contribution < -0.4 is 5.73 Å². The zero-order valence-electron chi connectivity index (χ0n) is 8.56. The van der Waals surface area contributed by atoms with Crippen molar-refractivity contribution in [3.8, 4) is 0 Å². The van der Waals surface area contributed by atoms with E-state index in [4.69, 9.17) is 20.3 Å². The van der Waals surface area contributed by atoms with E-state index in [1.54, 1.807) is 6.07 Å². The molecular formula is C10H13NO4. The zero-order chi connectivity index (χ0) is 11.4. The minimum absolute atomic E-state index is 0.0738. The van der Waals surface area contributed by atoms with Gasteiger partial charge in [-0.3, -0.25) is 0 Å². The van der Waals surface area contributed by atoms with E-state index in [0.29, 0.717) is 5.56 Å². The number of aromatic carboxylic acids is 1. The molecule has 1 aromatic rings. The lowest BCUT2D eigenvalue weighted by Crippen LogP contribution is -2.07. The lowest BCUT2D eigenvalue weighted by atomic mass is 10.1. The number of carbonyl (C=O) groups is 1. The molecule has 0 spiro atoms. The first kappa shape index (κ1) is 11.5. The van der Waals surface area contributed by atoms with Crippen LogP contribution in [0.25, 0.3) is 0 Å². The largest absolute Gasteiger partial charge is 0.478 e. The van der Waals surface area contributed by atoms with Crippen LogP contribution in [0.15, 0.2) is 18.2 Å². The molecule has 0 aliphatic rings. The van der Waals surface area contributed by atoms with Crippen molar-refractivity contribution in [1.29, 1.82) is 0 Å². The van der Waals surface area contributed by atoms with Crippen molar-refractivity contribution in [2.24, 2.45) is 0 Å². The highest BCUT2D eigenvalue weighted by atomic mass is 16.7. The molecule has 1 rings (SSSR count). The van der Waals surface area contributed by atoms with Crippen molar-refractivity contribution in [2.45, 2.75) is 6.29 Å². The van der Waals surface area contributed by atoms with E-state index in [0.717, 1.165) is 0 Å². The van der Waals surface area contributed by atoms with Crippen LogP contribution in [-0.4, -0.2) is 25.3 Å². The molecule has 0 heterocycles. The third-order valence-corrected chi connectivity index (χ3v) is 2.01. The van der Waals surface area contributed by atoms with Gasteiger partial charge >= 0.3 is 5.97 Å². The SMILES string of the molecule is COC(OC)c1ccc(C(=O)O)c(N)c1. The second-order valence-electron chi connectivity index (χ2n) is 2.96. The van der Waals surface area contributed by atoms with E-state index < -0.39 is 12.3 Å². The van der Waals surface area contributed by atoms with E-state index in [9.17, 15) is 4.79 Å². The first-order valence-electron chi connectivity index (χ1n) is 4.28. The minimum atomic E-state index is -1.05. The Kier molecular flexibility index (Phi) is 3.65. The Bertz CT molecular complexity index is 360. The number of nitrogens with two attached hydrogens (primary N) is 1. The molecule has 0 atom stereocenters. The summed E-state index contributed by atoms with van der Waals surface area (Å²) < 4.78 is 10.0. The van der Waals surface area contributed by atoms with Crippen molar-refractivity contribution in [3.63, 3.8) is 0 Å². The smallest absolute Gasteiger partial charge is 0.337 e. The number of carboxylic acid groups (broad SMARTS) is 1. The molecule has 0 aromatic heterocycles. The molecule has 0 fully saturated rings. The number of hydrogen-bond donors (Lipinski definition) is 2. The summed E-state index contributed by atoms with van der Waals surface area (Å²) in [7, 11) is 2.99. The topological polar surface area (TPSA) is 81.8 Å². The number of ether oxygens (including phenoxy) is 2. The van der Waals surface area contributed by atoms with Gasteiger partial charge < -0.3 is 20.3 Å². The normalized spacial score (nSPS) is 10.6. The number of methoxy groups -OCH3 is 2. The summed E-state index contributed by atoms with van der Waals surface area (Å²) in [5, 5.41) is 8.77. The molecule has 0 unspecified atom stereocenters. The van der Waals surface area contributed by atoms with Crippen LogP contribution in [0.2, 0.25) is 0 Å². The Labute approximate surface area is 87.4 Å². The number of carboxylic acids is 1. The highest BCUT2D eigenvalue weighted by Gasteiger charge is 2.13. The highest BCUT2D eigenvalue weighted by molar-refractivity contribution is 5.93. The fraction of sp³-hybridized carbons (Fsp3) is 0.300. The van der Waals surface area contributed by atoms with Gasteiger partial charge in [0.05, 0.1) is 5.56 Å². The van der Waals surface area contributed by atoms with Crippen molar-refractivity contribution >= 4 is 11.7 Å². The standard InChI is InChI=1S/C10H13NO4/c1-14-10(15-2)6-3-4-7(9(12)13)8(11)5-6/h3-5,10H,11H2,1-2H3,(H,12,13). The summed E-state index contributed by atoms with van der Waals surface area (Å²) >= 11 is 0. The van der Waals surface area contributed by atoms with Gasteiger partial charge in [-0.1, -0.05) is 6.07 Å². The second-order valence-corrected chi connectivity index (χ2v) is 2.96. The molecule has 0 saturated heterocycles. The predicted octanol–water partition coefficient (Wildman–Crippen LogP) is 1.26. The van der Waals surface area contributed by atoms with Gasteiger partial charge in [-0.05, 0) is 12.1 Å². The zero-order valence-corrected chi connectivity index (χ0v) is 8.56. The molecule has 0 amide bonds. The Morgan fingerprint density at radius 1 is 1.40 bits per heavy atom. The number of benzene rings is 1. The van der Waals surface area contributed by atoms with Gasteiger partial charge in [-0.15, -0.1) is 0 Å². The maximum absolute atomic E-state index is 10.7. The van der Waals surface area contributed by atoms with E-state index >= 15 is 0 Å². The molecule has 15 heavy (non-hydrogen) atoms. The van der Waals surface area contributed by atoms with Crippen LogP contribution >= 0.6 is 0 Å². The van der Waals surface area contributed by atoms with Gasteiger partial charge in [0, 0.05) is 25.5 Å². The summed E-state index contributed by atoms with van der Waals surface area (Å²) in [6, 6.07) is 4.57. The molecule has 5 nitrogen and oxygen atoms in total. The monoisotopic (exact) mass is 211 g/mol. The van der Waals surface area contributed by atoms with Crippen LogP contribution in [0, 0.1) is 0 Å². The minimum Gasteiger partial charge on any atom is -0.478 e. The van der Waals surface area contributed by atoms with Crippen molar-refractivity contribution in [2.75, 3.05) is 20.0 Å². The van der Waals surface area contributed by atoms with Crippen LogP contribution in [0.1, 0.15) is 22.2 Å². The number of nitrogen functional groups attached to an aromatic ring is 1. The quantitative estimate of drug-likeness (QED) is 0.578. The summed E-state index contributed by atoms with van der Waals surface area (Å²) in [4.78, 5) is 10.7. The molecule has 3 N–H and O–H groups in total. The van der Waals surface area contributed by atoms with Gasteiger partial charge in [0.25, 0.3) is 0 Å². The average Bonchev–Trinajstić information content (AvgIpc) is 2.19. The first-order valence-corrected chi connectivity index (χ1v) is 4.28. The van der Waals surface area contributed by atoms with Crippen LogP contribution in [0.5, 0.6) is 0 Å². The highest BCUT2D eigenvalue weighted by Crippen LogP contribution is 2.22. The van der Waals surface area contributed by atoms with E-state index in [1.165, 1.54) is 26.4 Å². The molecule has 0 bridgehead atoms. The maximum Gasteiger partial charge on any atom is 0.337 e. The van der Waals surface area contributed by atoms with E-state index in [-0.39, 0.29) is 11.3 Å². The van der Waals surface area contributed by atoms with Crippen LogP contribution in [0.3, 0.4) is 0 Å². The maximum atomic E-state index is 10.7. The molecule has 0 saturated carbocycles. The molecule has 5 heteroatoms. The summed E-state index contributed by atoms with van der Waals surface area (Å²) in [6.45, 7) is 0. The molecular weight excluding hydrogens is 198 g/mol. The van der Waals surface area contributed by atoms with Gasteiger partial charge in [0.2, 0.25) is 0 Å². The lowest BCUT2D eigenvalue weighted by molar-refractivity contribution is -0.105. The van der Waals surface area contributed by atoms with Crippen molar-refractivity contribution in [3.05, 3.63) is 29.3 Å². The average molecular weight is 211 g/mol. The van der Waals surface area contributed by atoms with Crippen LogP contribution in [0.4, 0.5) is 5.69 Å². The Morgan fingerprint density at radius 3 is 2.40 bits per heavy atom. The summed E-state index contributed by atoms with van der Waals surface area (Å²) in [6.07, 6.45) is -0.532. The Balaban J connectivity index is 3.05. The first-order chi connectivity index (χ1) is 7.10. The van der Waals surface area contributed by atoms with Gasteiger partial charge in [0.15, 0.2) is 6.29 Å². The fourth-order valence-electron chi connectivity index (χ4n) is 1.29. The Morgan fingerprint density at radius 2 is 2.00 bits per heavy atom. The molecule has 0 aliphatic carbocycles. The molecule has 82 valence electrons. The van der Waals surface area contributed by atoms with E-state index in [2.05, 4.69) is 0 Å². The lowest BCUT2D eigenvalue weighted by Gasteiger charge is -2.14. The third kappa shape index (κ3) is 2.45. The molecule has 0 aliphatic heterocycles. The van der Waals surface area contributed by atoms with Crippen LogP contribution in [-0.2, 0) is 9.47 Å². The van der Waals surface area contributed by atoms with Gasteiger partial charge in [0.1, 0.15) is 0 Å². The summed E-state index contributed by atoms with van der Waals surface area (Å²) in [5.41, 5.74) is 6.53. The molecule has 1 aromatic carbocycles. The van der Waals surface area contributed by atoms with Gasteiger partial charge in [-0.2, -0.15) is 0 Å². The van der Waals surface area contributed by atoms with Gasteiger partial charge in [-0.25, -0.2) is 4.79 Å². The number of anilines is 1. The number of hydrogen-bond acceptors (Lipinski definition) is 4. The summed E-state index contributed by atoms with van der Waals surface area (Å²) in [5.74, 6) is -1.05. The fourth-order valence-corrected chi connectivity index (χ4v) is 1.29. The number of rotatable bonds is 4. The third-order valence-electron chi connectivity index (χ3n) is 2.01. The Hall–Kier alpha value is -1.59. The second kappa shape index (κ2) is 4.77. The van der Waals surface area contributed by atoms with Crippen molar-refractivity contribution < 1.29 is 19.4 Å². The predicted molar refractivity (Wildman–Crippen MR) is 54.6 cm³/mol. The van der Waals surface area contributed by atoms with E-state index in [1.807, 2.05) is 0 Å². The molecule has 0 radical (unpaired) electrons.